The summed E-state index contributed by atoms with van der Waals surface area (Å²) in [5.41, 5.74) is 2.37. The third-order valence-corrected chi connectivity index (χ3v) is 8.34. The average molecular weight is 579 g/mol. The number of hydrogen-bond acceptors (Lipinski definition) is 8. The molecule has 0 saturated carbocycles. The van der Waals surface area contributed by atoms with Gasteiger partial charge in [0.1, 0.15) is 11.5 Å². The van der Waals surface area contributed by atoms with Crippen LogP contribution in [0.4, 0.5) is 5.82 Å². The van der Waals surface area contributed by atoms with E-state index in [0.29, 0.717) is 61.6 Å². The Balaban J connectivity index is 1.56. The monoisotopic (exact) mass is 578 g/mol. The number of H-pyrrole nitrogens is 1. The molecular weight excluding hydrogens is 536 g/mol. The van der Waals surface area contributed by atoms with E-state index < -0.39 is 0 Å². The van der Waals surface area contributed by atoms with Crippen LogP contribution in [0.1, 0.15) is 42.2 Å². The molecule has 42 heavy (non-hydrogen) atoms. The molecule has 1 saturated heterocycles. The van der Waals surface area contributed by atoms with Crippen LogP contribution >= 0.6 is 0 Å². The molecule has 1 unspecified atom stereocenters. The van der Waals surface area contributed by atoms with Crippen LogP contribution in [-0.2, 0) is 11.3 Å². The van der Waals surface area contributed by atoms with Crippen LogP contribution in [0.3, 0.4) is 0 Å². The van der Waals surface area contributed by atoms with Gasteiger partial charge < -0.3 is 34.3 Å². The lowest BCUT2D eigenvalue weighted by Gasteiger charge is -2.35. The SMILES string of the molecule is CCN1CCN(C(=O)c2ccc[nH]2)CCC(=O)NCC2CCCN(C2)c2nc3cc(OC)c(OC)c(OC)c3cc2C1. The van der Waals surface area contributed by atoms with Gasteiger partial charge in [-0.15, -0.1) is 0 Å². The highest BCUT2D eigenvalue weighted by Gasteiger charge is 2.27. The number of hydrogen-bond donors (Lipinski definition) is 2. The molecule has 4 heterocycles. The first-order chi connectivity index (χ1) is 20.4. The largest absolute Gasteiger partial charge is 0.493 e. The van der Waals surface area contributed by atoms with Crippen LogP contribution < -0.4 is 24.4 Å². The molecular formula is C31H42N6O5. The van der Waals surface area contributed by atoms with Gasteiger partial charge in [0.2, 0.25) is 11.7 Å². The molecule has 2 amide bonds. The number of nitrogens with zero attached hydrogens (tertiary/aromatic N) is 4. The summed E-state index contributed by atoms with van der Waals surface area (Å²) in [6, 6.07) is 7.64. The van der Waals surface area contributed by atoms with Crippen molar-refractivity contribution < 1.29 is 23.8 Å². The predicted molar refractivity (Wildman–Crippen MR) is 162 cm³/mol. The van der Waals surface area contributed by atoms with Crippen LogP contribution in [0.2, 0.25) is 0 Å². The number of benzene rings is 1. The number of ether oxygens (including phenoxy) is 3. The Hall–Kier alpha value is -3.99. The Bertz CT molecular complexity index is 1390. The fourth-order valence-electron chi connectivity index (χ4n) is 6.02. The molecule has 2 aliphatic rings. The molecule has 1 fully saturated rings. The molecule has 11 nitrogen and oxygen atoms in total. The molecule has 1 aromatic carbocycles. The summed E-state index contributed by atoms with van der Waals surface area (Å²) in [6.45, 7) is 7.36. The van der Waals surface area contributed by atoms with Crippen molar-refractivity contribution in [3.8, 4) is 17.2 Å². The minimum atomic E-state index is -0.103. The summed E-state index contributed by atoms with van der Waals surface area (Å²) in [4.78, 5) is 40.8. The summed E-state index contributed by atoms with van der Waals surface area (Å²) in [5.74, 6) is 2.78. The second-order valence-electron chi connectivity index (χ2n) is 10.9. The van der Waals surface area contributed by atoms with Crippen molar-refractivity contribution in [2.45, 2.75) is 32.7 Å². The number of amides is 2. The van der Waals surface area contributed by atoms with Gasteiger partial charge in [0.15, 0.2) is 11.5 Å². The number of aromatic amines is 1. The van der Waals surface area contributed by atoms with E-state index in [1.165, 1.54) is 0 Å². The smallest absolute Gasteiger partial charge is 0.270 e. The standard InChI is InChI=1S/C31H42N6O5/c1-5-35-14-15-36(31(39)24-9-6-11-32-24)13-10-27(38)33-18-21-8-7-12-37(19-21)30-22(20-35)16-23-25(34-30)17-26(40-2)29(42-4)28(23)41-3/h6,9,11,16-17,21,32H,5,7-8,10,12-15,18-20H2,1-4H3,(H,33,38). The Labute approximate surface area is 247 Å². The molecule has 1 atom stereocenters. The first-order valence-electron chi connectivity index (χ1n) is 14.7. The maximum absolute atomic E-state index is 13.3. The number of pyridine rings is 1. The first-order valence-corrected chi connectivity index (χ1v) is 14.7. The second kappa shape index (κ2) is 13.3. The summed E-state index contributed by atoms with van der Waals surface area (Å²) >= 11 is 0. The Morgan fingerprint density at radius 1 is 1.07 bits per heavy atom. The number of likely N-dealkylation sites (N-methyl/N-ethyl adjacent to an activating group) is 1. The number of nitrogens with one attached hydrogen (secondary N) is 2. The first kappa shape index (κ1) is 29.5. The third-order valence-electron chi connectivity index (χ3n) is 8.34. The maximum Gasteiger partial charge on any atom is 0.270 e. The number of aromatic nitrogens is 2. The van der Waals surface area contributed by atoms with Crippen LogP contribution in [0.15, 0.2) is 30.5 Å². The Kier molecular flexibility index (Phi) is 9.36. The van der Waals surface area contributed by atoms with Crippen molar-refractivity contribution in [3.63, 3.8) is 0 Å². The van der Waals surface area contributed by atoms with E-state index >= 15 is 0 Å². The molecule has 2 N–H and O–H groups in total. The number of anilines is 1. The molecule has 3 aromatic rings. The highest BCUT2D eigenvalue weighted by molar-refractivity contribution is 5.93. The normalized spacial score (nSPS) is 19.0. The maximum atomic E-state index is 13.3. The van der Waals surface area contributed by atoms with Crippen molar-refractivity contribution in [2.24, 2.45) is 5.92 Å². The topological polar surface area (TPSA) is 112 Å². The van der Waals surface area contributed by atoms with E-state index in [1.807, 2.05) is 12.1 Å². The van der Waals surface area contributed by atoms with Crippen LogP contribution in [0.25, 0.3) is 10.9 Å². The van der Waals surface area contributed by atoms with Gasteiger partial charge in [0, 0.05) is 75.4 Å². The van der Waals surface area contributed by atoms with Gasteiger partial charge in [-0.3, -0.25) is 14.5 Å². The van der Waals surface area contributed by atoms with Crippen molar-refractivity contribution in [1.29, 1.82) is 0 Å². The second-order valence-corrected chi connectivity index (χ2v) is 10.9. The molecule has 2 aliphatic heterocycles. The van der Waals surface area contributed by atoms with E-state index in [2.05, 4.69) is 33.1 Å². The lowest BCUT2D eigenvalue weighted by molar-refractivity contribution is -0.121. The summed E-state index contributed by atoms with van der Waals surface area (Å²) in [5, 5.41) is 3.98. The van der Waals surface area contributed by atoms with Gasteiger partial charge in [0.05, 0.1) is 26.8 Å². The molecule has 226 valence electrons. The Morgan fingerprint density at radius 2 is 1.90 bits per heavy atom. The van der Waals surface area contributed by atoms with Gasteiger partial charge in [-0.25, -0.2) is 4.98 Å². The molecule has 0 radical (unpaired) electrons. The van der Waals surface area contributed by atoms with Gasteiger partial charge >= 0.3 is 0 Å². The van der Waals surface area contributed by atoms with Crippen molar-refractivity contribution in [1.82, 2.24) is 25.1 Å². The van der Waals surface area contributed by atoms with E-state index in [1.54, 1.807) is 38.5 Å². The molecule has 0 spiro atoms. The molecule has 2 aromatic heterocycles. The number of piperidine rings is 1. The predicted octanol–water partition coefficient (Wildman–Crippen LogP) is 3.29. The van der Waals surface area contributed by atoms with E-state index in [0.717, 1.165) is 54.8 Å². The quantitative estimate of drug-likeness (QED) is 0.475. The number of carbonyl (C=O) groups excluding carboxylic acids is 2. The number of carbonyl (C=O) groups is 2. The van der Waals surface area contributed by atoms with Crippen molar-refractivity contribution in [3.05, 3.63) is 41.7 Å². The average Bonchev–Trinajstić information content (AvgIpc) is 3.56. The van der Waals surface area contributed by atoms with Crippen LogP contribution in [0.5, 0.6) is 17.2 Å². The van der Waals surface area contributed by atoms with E-state index in [4.69, 9.17) is 19.2 Å². The Morgan fingerprint density at radius 3 is 2.62 bits per heavy atom. The number of methoxy groups -OCH3 is 3. The van der Waals surface area contributed by atoms with Crippen LogP contribution in [-0.4, -0.2) is 98.7 Å². The lowest BCUT2D eigenvalue weighted by atomic mass is 9.97. The number of fused-ring (bicyclic) bond motifs is 5. The van der Waals surface area contributed by atoms with E-state index in [9.17, 15) is 9.59 Å². The minimum Gasteiger partial charge on any atom is -0.493 e. The van der Waals surface area contributed by atoms with Gasteiger partial charge in [-0.05, 0) is 43.5 Å². The zero-order valence-electron chi connectivity index (χ0n) is 25.1. The molecule has 2 bridgehead atoms. The fourth-order valence-corrected chi connectivity index (χ4v) is 6.02. The minimum absolute atomic E-state index is 0.0312. The fraction of sp³-hybridized carbons (Fsp3) is 0.516. The van der Waals surface area contributed by atoms with E-state index in [-0.39, 0.29) is 18.2 Å². The summed E-state index contributed by atoms with van der Waals surface area (Å²) < 4.78 is 17.1. The van der Waals surface area contributed by atoms with Gasteiger partial charge in [0.25, 0.3) is 5.91 Å². The molecule has 0 aliphatic carbocycles. The highest BCUT2D eigenvalue weighted by atomic mass is 16.5. The zero-order chi connectivity index (χ0) is 29.6. The zero-order valence-corrected chi connectivity index (χ0v) is 25.1. The van der Waals surface area contributed by atoms with Gasteiger partial charge in [-0.2, -0.15) is 0 Å². The third kappa shape index (κ3) is 6.25. The van der Waals surface area contributed by atoms with Crippen molar-refractivity contribution in [2.75, 3.05) is 72.0 Å². The summed E-state index contributed by atoms with van der Waals surface area (Å²) in [7, 11) is 4.84. The van der Waals surface area contributed by atoms with Crippen molar-refractivity contribution >= 4 is 28.5 Å². The highest BCUT2D eigenvalue weighted by Crippen LogP contribution is 2.44. The van der Waals surface area contributed by atoms with Crippen LogP contribution in [0, 0.1) is 5.92 Å². The molecule has 11 heteroatoms. The lowest BCUT2D eigenvalue weighted by Crippen LogP contribution is -2.42. The number of rotatable bonds is 5. The summed E-state index contributed by atoms with van der Waals surface area (Å²) in [6.07, 6.45) is 4.07. The van der Waals surface area contributed by atoms with Gasteiger partial charge in [-0.1, -0.05) is 6.92 Å². The molecule has 5 rings (SSSR count).